The lowest BCUT2D eigenvalue weighted by atomic mass is 10.1. The molecule has 1 aliphatic heterocycles. The van der Waals surface area contributed by atoms with E-state index in [1.807, 2.05) is 0 Å². The number of carboxylic acids is 1. The SMILES string of the molecule is CC(NC(=O)C1CCCN1C(=O)C(CCCN=C(N)N)NC(=O)C(N)CCCN=C(N)N)C(=O)O. The highest BCUT2D eigenvalue weighted by molar-refractivity contribution is 5.94. The van der Waals surface area contributed by atoms with Crippen LogP contribution < -0.4 is 39.3 Å². The van der Waals surface area contributed by atoms with Crippen LogP contribution in [0.2, 0.25) is 0 Å². The summed E-state index contributed by atoms with van der Waals surface area (Å²) in [5.41, 5.74) is 27.2. The van der Waals surface area contributed by atoms with E-state index < -0.39 is 47.9 Å². The van der Waals surface area contributed by atoms with Crippen molar-refractivity contribution in [2.45, 2.75) is 69.6 Å². The molecular weight excluding hydrogens is 460 g/mol. The highest BCUT2D eigenvalue weighted by atomic mass is 16.4. The lowest BCUT2D eigenvalue weighted by molar-refractivity contribution is -0.144. The van der Waals surface area contributed by atoms with Crippen LogP contribution in [0.5, 0.6) is 0 Å². The minimum atomic E-state index is -1.19. The van der Waals surface area contributed by atoms with Crippen LogP contribution in [0.3, 0.4) is 0 Å². The van der Waals surface area contributed by atoms with Gasteiger partial charge in [0, 0.05) is 19.6 Å². The van der Waals surface area contributed by atoms with Crippen molar-refractivity contribution in [1.29, 1.82) is 0 Å². The molecule has 4 unspecified atom stereocenters. The second-order valence-electron chi connectivity index (χ2n) is 8.32. The number of hydrogen-bond acceptors (Lipinski definition) is 7. The number of nitrogens with two attached hydrogens (primary N) is 5. The van der Waals surface area contributed by atoms with Crippen LogP contribution in [0.25, 0.3) is 0 Å². The van der Waals surface area contributed by atoms with Crippen molar-refractivity contribution < 1.29 is 24.3 Å². The molecule has 35 heavy (non-hydrogen) atoms. The number of carbonyl (C=O) groups excluding carboxylic acids is 3. The first-order valence-corrected chi connectivity index (χ1v) is 11.4. The van der Waals surface area contributed by atoms with Crippen LogP contribution in [0.15, 0.2) is 9.98 Å². The monoisotopic (exact) mass is 498 g/mol. The molecule has 4 atom stereocenters. The second kappa shape index (κ2) is 14.6. The largest absolute Gasteiger partial charge is 0.480 e. The van der Waals surface area contributed by atoms with E-state index in [-0.39, 0.29) is 24.9 Å². The minimum absolute atomic E-state index is 0.0589. The molecule has 0 aromatic carbocycles. The van der Waals surface area contributed by atoms with Crippen molar-refractivity contribution in [1.82, 2.24) is 15.5 Å². The Morgan fingerprint density at radius 2 is 1.57 bits per heavy atom. The summed E-state index contributed by atoms with van der Waals surface area (Å²) in [6.45, 7) is 2.18. The molecule has 1 rings (SSSR count). The number of carboxylic acid groups (broad SMARTS) is 1. The van der Waals surface area contributed by atoms with Crippen molar-refractivity contribution in [3.8, 4) is 0 Å². The van der Waals surface area contributed by atoms with E-state index in [1.165, 1.54) is 11.8 Å². The van der Waals surface area contributed by atoms with Gasteiger partial charge in [-0.1, -0.05) is 0 Å². The van der Waals surface area contributed by atoms with Gasteiger partial charge < -0.3 is 49.3 Å². The third-order valence-corrected chi connectivity index (χ3v) is 5.43. The third kappa shape index (κ3) is 10.5. The maximum Gasteiger partial charge on any atom is 0.325 e. The zero-order chi connectivity index (χ0) is 26.5. The molecular formula is C20H38N10O5. The van der Waals surface area contributed by atoms with Gasteiger partial charge in [-0.15, -0.1) is 0 Å². The summed E-state index contributed by atoms with van der Waals surface area (Å²) in [6, 6.07) is -3.81. The number of aliphatic carboxylic acids is 1. The fraction of sp³-hybridized carbons (Fsp3) is 0.700. The van der Waals surface area contributed by atoms with Gasteiger partial charge in [0.1, 0.15) is 18.1 Å². The molecule has 0 spiro atoms. The Hall–Kier alpha value is -3.62. The molecule has 0 aromatic heterocycles. The smallest absolute Gasteiger partial charge is 0.325 e. The number of carbonyl (C=O) groups is 4. The normalized spacial score (nSPS) is 17.5. The average molecular weight is 499 g/mol. The number of rotatable bonds is 14. The van der Waals surface area contributed by atoms with Gasteiger partial charge in [-0.3, -0.25) is 29.2 Å². The quantitative estimate of drug-likeness (QED) is 0.0664. The maximum atomic E-state index is 13.3. The van der Waals surface area contributed by atoms with E-state index >= 15 is 0 Å². The fourth-order valence-corrected chi connectivity index (χ4v) is 3.56. The van der Waals surface area contributed by atoms with Gasteiger partial charge in [0.2, 0.25) is 17.7 Å². The van der Waals surface area contributed by atoms with Crippen LogP contribution in [-0.2, 0) is 19.2 Å². The molecule has 0 aliphatic carbocycles. The first kappa shape index (κ1) is 29.4. The number of guanidine groups is 2. The van der Waals surface area contributed by atoms with E-state index in [0.717, 1.165) is 0 Å². The Morgan fingerprint density at radius 1 is 1.00 bits per heavy atom. The Kier molecular flexibility index (Phi) is 12.3. The molecule has 15 heteroatoms. The molecule has 0 radical (unpaired) electrons. The molecule has 1 fully saturated rings. The molecule has 13 N–H and O–H groups in total. The lowest BCUT2D eigenvalue weighted by Gasteiger charge is -2.29. The summed E-state index contributed by atoms with van der Waals surface area (Å²) in [6.07, 6.45) is 2.28. The molecule has 198 valence electrons. The predicted molar refractivity (Wildman–Crippen MR) is 130 cm³/mol. The Bertz CT molecular complexity index is 810. The van der Waals surface area contributed by atoms with Gasteiger partial charge in [-0.05, 0) is 45.4 Å². The minimum Gasteiger partial charge on any atom is -0.480 e. The number of nitrogens with zero attached hydrogens (tertiary/aromatic N) is 3. The van der Waals surface area contributed by atoms with Gasteiger partial charge in [0.05, 0.1) is 6.04 Å². The van der Waals surface area contributed by atoms with E-state index in [1.54, 1.807) is 0 Å². The van der Waals surface area contributed by atoms with Gasteiger partial charge in [-0.25, -0.2) is 0 Å². The van der Waals surface area contributed by atoms with Crippen molar-refractivity contribution in [2.24, 2.45) is 38.7 Å². The van der Waals surface area contributed by atoms with Gasteiger partial charge in [-0.2, -0.15) is 0 Å². The Balaban J connectivity index is 2.88. The number of hydrogen-bond donors (Lipinski definition) is 8. The van der Waals surface area contributed by atoms with Crippen LogP contribution in [0, 0.1) is 0 Å². The molecule has 3 amide bonds. The summed E-state index contributed by atoms with van der Waals surface area (Å²) in [4.78, 5) is 58.8. The topological polar surface area (TPSA) is 271 Å². The standard InChI is InChI=1S/C20H38N10O5/c1-11(18(34)35)28-16(32)14-7-4-10-30(14)17(33)13(6-3-9-27-20(24)25)29-15(31)12(21)5-2-8-26-19(22)23/h11-14H,2-10,21H2,1H3,(H,28,32)(H,29,31)(H,34,35)(H4,22,23,26)(H4,24,25,27). The van der Waals surface area contributed by atoms with E-state index in [4.69, 9.17) is 33.8 Å². The molecule has 1 aliphatic rings. The first-order valence-electron chi connectivity index (χ1n) is 11.4. The van der Waals surface area contributed by atoms with Crippen molar-refractivity contribution in [2.75, 3.05) is 19.6 Å². The van der Waals surface area contributed by atoms with Gasteiger partial charge in [0.15, 0.2) is 11.9 Å². The molecule has 0 aromatic rings. The van der Waals surface area contributed by atoms with Crippen LogP contribution >= 0.6 is 0 Å². The Labute approximate surface area is 203 Å². The second-order valence-corrected chi connectivity index (χ2v) is 8.32. The third-order valence-electron chi connectivity index (χ3n) is 5.43. The fourth-order valence-electron chi connectivity index (χ4n) is 3.56. The molecule has 1 heterocycles. The van der Waals surface area contributed by atoms with Crippen LogP contribution in [0.1, 0.15) is 45.4 Å². The number of likely N-dealkylation sites (tertiary alicyclic amines) is 1. The van der Waals surface area contributed by atoms with Crippen LogP contribution in [0.4, 0.5) is 0 Å². The van der Waals surface area contributed by atoms with Crippen LogP contribution in [-0.4, -0.2) is 89.4 Å². The molecule has 0 saturated carbocycles. The van der Waals surface area contributed by atoms with E-state index in [2.05, 4.69) is 20.6 Å². The zero-order valence-corrected chi connectivity index (χ0v) is 20.0. The highest BCUT2D eigenvalue weighted by Gasteiger charge is 2.38. The predicted octanol–water partition coefficient (Wildman–Crippen LogP) is -3.51. The van der Waals surface area contributed by atoms with E-state index in [9.17, 15) is 19.2 Å². The van der Waals surface area contributed by atoms with Crippen molar-refractivity contribution in [3.63, 3.8) is 0 Å². The number of nitrogens with one attached hydrogen (secondary N) is 2. The summed E-state index contributed by atoms with van der Waals surface area (Å²) in [7, 11) is 0. The summed E-state index contributed by atoms with van der Waals surface area (Å²) in [5, 5.41) is 14.1. The maximum absolute atomic E-state index is 13.3. The van der Waals surface area contributed by atoms with Crippen molar-refractivity contribution in [3.05, 3.63) is 0 Å². The van der Waals surface area contributed by atoms with Gasteiger partial charge in [0.25, 0.3) is 0 Å². The summed E-state index contributed by atoms with van der Waals surface area (Å²) >= 11 is 0. The molecule has 1 saturated heterocycles. The number of aliphatic imine (C=N–C) groups is 2. The Morgan fingerprint density at radius 3 is 2.11 bits per heavy atom. The van der Waals surface area contributed by atoms with E-state index in [0.29, 0.717) is 45.2 Å². The summed E-state index contributed by atoms with van der Waals surface area (Å²) in [5.74, 6) is -2.90. The molecule has 0 bridgehead atoms. The molecule has 15 nitrogen and oxygen atoms in total. The number of amides is 3. The van der Waals surface area contributed by atoms with Crippen molar-refractivity contribution >= 4 is 35.6 Å². The average Bonchev–Trinajstić information content (AvgIpc) is 3.27. The highest BCUT2D eigenvalue weighted by Crippen LogP contribution is 2.20. The summed E-state index contributed by atoms with van der Waals surface area (Å²) < 4.78 is 0. The van der Waals surface area contributed by atoms with Gasteiger partial charge >= 0.3 is 5.97 Å². The lowest BCUT2D eigenvalue weighted by Crippen LogP contribution is -2.56. The first-order chi connectivity index (χ1) is 16.4. The zero-order valence-electron chi connectivity index (χ0n) is 20.0.